The average molecular weight is 195 g/mol. The van der Waals surface area contributed by atoms with Crippen LogP contribution in [0.2, 0.25) is 0 Å². The number of carbonyl (C=O) groups is 1. The first kappa shape index (κ1) is 9.21. The highest BCUT2D eigenvalue weighted by molar-refractivity contribution is 5.92. The molecule has 1 aliphatic heterocycles. The van der Waals surface area contributed by atoms with Crippen LogP contribution in [0.1, 0.15) is 16.9 Å². The number of aryl methyl sites for hydroxylation is 1. The van der Waals surface area contributed by atoms with Crippen LogP contribution >= 0.6 is 0 Å². The van der Waals surface area contributed by atoms with Crippen LogP contribution < -0.4 is 5.32 Å². The molecular formula is C9H13N3O2. The molecule has 1 aliphatic rings. The summed E-state index contributed by atoms with van der Waals surface area (Å²) in [6, 6.07) is 1.85. The van der Waals surface area contributed by atoms with Gasteiger partial charge in [-0.2, -0.15) is 5.10 Å². The Morgan fingerprint density at radius 2 is 2.64 bits per heavy atom. The van der Waals surface area contributed by atoms with Crippen LogP contribution in [-0.4, -0.2) is 34.9 Å². The van der Waals surface area contributed by atoms with Gasteiger partial charge in [0.25, 0.3) is 5.91 Å². The van der Waals surface area contributed by atoms with E-state index in [2.05, 4.69) is 10.4 Å². The Balaban J connectivity index is 1.98. The number of nitrogens with one attached hydrogen (secondary N) is 1. The largest absolute Gasteiger partial charge is 0.379 e. The van der Waals surface area contributed by atoms with Gasteiger partial charge >= 0.3 is 0 Å². The zero-order chi connectivity index (χ0) is 9.97. The van der Waals surface area contributed by atoms with E-state index in [-0.39, 0.29) is 11.9 Å². The number of nitrogens with zero attached hydrogens (tertiary/aromatic N) is 2. The van der Waals surface area contributed by atoms with E-state index in [0.29, 0.717) is 12.3 Å². The molecule has 5 nitrogen and oxygen atoms in total. The summed E-state index contributed by atoms with van der Waals surface area (Å²) < 4.78 is 6.73. The van der Waals surface area contributed by atoms with Gasteiger partial charge < -0.3 is 10.1 Å². The highest BCUT2D eigenvalue weighted by Gasteiger charge is 2.19. The minimum absolute atomic E-state index is 0.0829. The Labute approximate surface area is 82.0 Å². The molecule has 0 radical (unpaired) electrons. The van der Waals surface area contributed by atoms with E-state index in [1.54, 1.807) is 24.0 Å². The molecule has 0 spiro atoms. The second-order valence-electron chi connectivity index (χ2n) is 3.37. The summed E-state index contributed by atoms with van der Waals surface area (Å²) in [5.74, 6) is -0.0829. The Kier molecular flexibility index (Phi) is 2.49. The standard InChI is InChI=1S/C9H13N3O2/c1-12-8(2-4-10-12)9(13)11-7-3-5-14-6-7/h2,4,7H,3,5-6H2,1H3,(H,11,13)/t7-/m0/s1. The van der Waals surface area contributed by atoms with E-state index in [4.69, 9.17) is 4.74 Å². The Morgan fingerprint density at radius 3 is 3.21 bits per heavy atom. The number of hydrogen-bond acceptors (Lipinski definition) is 3. The molecule has 0 unspecified atom stereocenters. The summed E-state index contributed by atoms with van der Waals surface area (Å²) in [5.41, 5.74) is 0.580. The fourth-order valence-corrected chi connectivity index (χ4v) is 1.50. The molecule has 1 aromatic rings. The Morgan fingerprint density at radius 1 is 1.79 bits per heavy atom. The van der Waals surface area contributed by atoms with Crippen molar-refractivity contribution in [3.63, 3.8) is 0 Å². The Bertz CT molecular complexity index is 329. The van der Waals surface area contributed by atoms with Crippen molar-refractivity contribution in [2.24, 2.45) is 7.05 Å². The highest BCUT2D eigenvalue weighted by Crippen LogP contribution is 2.05. The molecule has 14 heavy (non-hydrogen) atoms. The van der Waals surface area contributed by atoms with Crippen molar-refractivity contribution >= 4 is 5.91 Å². The smallest absolute Gasteiger partial charge is 0.269 e. The number of aromatic nitrogens is 2. The van der Waals surface area contributed by atoms with Crippen LogP contribution in [-0.2, 0) is 11.8 Å². The minimum atomic E-state index is -0.0829. The first-order valence-corrected chi connectivity index (χ1v) is 4.64. The normalized spacial score (nSPS) is 21.1. The van der Waals surface area contributed by atoms with Crippen LogP contribution in [0.25, 0.3) is 0 Å². The van der Waals surface area contributed by atoms with Crippen molar-refractivity contribution in [1.82, 2.24) is 15.1 Å². The molecule has 0 bridgehead atoms. The minimum Gasteiger partial charge on any atom is -0.379 e. The number of carbonyl (C=O) groups excluding carboxylic acids is 1. The third-order valence-corrected chi connectivity index (χ3v) is 2.32. The lowest BCUT2D eigenvalue weighted by Gasteiger charge is -2.10. The summed E-state index contributed by atoms with van der Waals surface area (Å²) in [6.07, 6.45) is 2.50. The van der Waals surface area contributed by atoms with Crippen molar-refractivity contribution in [2.75, 3.05) is 13.2 Å². The summed E-state index contributed by atoms with van der Waals surface area (Å²) >= 11 is 0. The highest BCUT2D eigenvalue weighted by atomic mass is 16.5. The molecular weight excluding hydrogens is 182 g/mol. The lowest BCUT2D eigenvalue weighted by molar-refractivity contribution is 0.0920. The quantitative estimate of drug-likeness (QED) is 0.719. The molecule has 1 fully saturated rings. The zero-order valence-electron chi connectivity index (χ0n) is 8.06. The number of hydrogen-bond donors (Lipinski definition) is 1. The zero-order valence-corrected chi connectivity index (χ0v) is 8.06. The first-order chi connectivity index (χ1) is 6.77. The van der Waals surface area contributed by atoms with E-state index < -0.39 is 0 Å². The number of amides is 1. The lowest BCUT2D eigenvalue weighted by Crippen LogP contribution is -2.36. The van der Waals surface area contributed by atoms with Gasteiger partial charge in [0.05, 0.1) is 12.6 Å². The molecule has 0 saturated carbocycles. The van der Waals surface area contributed by atoms with E-state index >= 15 is 0 Å². The maximum atomic E-state index is 11.7. The topological polar surface area (TPSA) is 56.2 Å². The van der Waals surface area contributed by atoms with Gasteiger partial charge in [-0.25, -0.2) is 0 Å². The fourth-order valence-electron chi connectivity index (χ4n) is 1.50. The fraction of sp³-hybridized carbons (Fsp3) is 0.556. The third-order valence-electron chi connectivity index (χ3n) is 2.32. The SMILES string of the molecule is Cn1nccc1C(=O)N[C@H]1CCOC1. The van der Waals surface area contributed by atoms with Gasteiger partial charge in [0.1, 0.15) is 5.69 Å². The van der Waals surface area contributed by atoms with E-state index in [9.17, 15) is 4.79 Å². The van der Waals surface area contributed by atoms with Crippen molar-refractivity contribution in [2.45, 2.75) is 12.5 Å². The molecule has 1 N–H and O–H groups in total. The van der Waals surface area contributed by atoms with Crippen molar-refractivity contribution in [3.8, 4) is 0 Å². The predicted molar refractivity (Wildman–Crippen MR) is 49.9 cm³/mol. The Hall–Kier alpha value is -1.36. The molecule has 2 rings (SSSR count). The van der Waals surface area contributed by atoms with Crippen LogP contribution in [0.5, 0.6) is 0 Å². The lowest BCUT2D eigenvalue weighted by atomic mass is 10.2. The summed E-state index contributed by atoms with van der Waals surface area (Å²) in [4.78, 5) is 11.7. The first-order valence-electron chi connectivity index (χ1n) is 4.64. The van der Waals surface area contributed by atoms with Crippen LogP contribution in [0.15, 0.2) is 12.3 Å². The second-order valence-corrected chi connectivity index (χ2v) is 3.37. The van der Waals surface area contributed by atoms with Crippen molar-refractivity contribution in [1.29, 1.82) is 0 Å². The summed E-state index contributed by atoms with van der Waals surface area (Å²) in [5, 5.41) is 6.83. The van der Waals surface area contributed by atoms with Gasteiger partial charge in [0.15, 0.2) is 0 Å². The monoisotopic (exact) mass is 195 g/mol. The molecule has 0 aromatic carbocycles. The number of rotatable bonds is 2. The van der Waals surface area contributed by atoms with Crippen molar-refractivity contribution < 1.29 is 9.53 Å². The van der Waals surface area contributed by atoms with Gasteiger partial charge in [-0.1, -0.05) is 0 Å². The molecule has 1 saturated heterocycles. The van der Waals surface area contributed by atoms with Crippen LogP contribution in [0.3, 0.4) is 0 Å². The second kappa shape index (κ2) is 3.79. The maximum absolute atomic E-state index is 11.7. The number of ether oxygens (including phenoxy) is 1. The predicted octanol–water partition coefficient (Wildman–Crippen LogP) is -0.0612. The third kappa shape index (κ3) is 1.77. The van der Waals surface area contributed by atoms with E-state index in [0.717, 1.165) is 13.0 Å². The molecule has 2 heterocycles. The molecule has 1 aromatic heterocycles. The van der Waals surface area contributed by atoms with Gasteiger partial charge in [0, 0.05) is 19.9 Å². The average Bonchev–Trinajstić information content (AvgIpc) is 2.75. The van der Waals surface area contributed by atoms with Crippen LogP contribution in [0.4, 0.5) is 0 Å². The van der Waals surface area contributed by atoms with Gasteiger partial charge in [-0.3, -0.25) is 9.48 Å². The van der Waals surface area contributed by atoms with E-state index in [1.165, 1.54) is 0 Å². The summed E-state index contributed by atoms with van der Waals surface area (Å²) in [6.45, 7) is 1.35. The molecule has 1 atom stereocenters. The summed E-state index contributed by atoms with van der Waals surface area (Å²) in [7, 11) is 1.75. The van der Waals surface area contributed by atoms with Gasteiger partial charge in [-0.15, -0.1) is 0 Å². The maximum Gasteiger partial charge on any atom is 0.269 e. The van der Waals surface area contributed by atoms with E-state index in [1.807, 2.05) is 0 Å². The van der Waals surface area contributed by atoms with Gasteiger partial charge in [0.2, 0.25) is 0 Å². The molecule has 5 heteroatoms. The molecule has 0 aliphatic carbocycles. The van der Waals surface area contributed by atoms with Crippen molar-refractivity contribution in [3.05, 3.63) is 18.0 Å². The molecule has 76 valence electrons. The van der Waals surface area contributed by atoms with Crippen LogP contribution in [0, 0.1) is 0 Å². The van der Waals surface area contributed by atoms with Gasteiger partial charge in [-0.05, 0) is 12.5 Å². The molecule has 1 amide bonds.